The molecule has 4 bridgehead atoms. The Labute approximate surface area is 170 Å². The van der Waals surface area contributed by atoms with Crippen molar-refractivity contribution in [3.05, 3.63) is 17.3 Å². The number of halogens is 2. The van der Waals surface area contributed by atoms with Gasteiger partial charge in [-0.15, -0.1) is 0 Å². The Morgan fingerprint density at radius 1 is 1.32 bits per heavy atom. The third kappa shape index (κ3) is 4.04. The fraction of sp³-hybridized carbons (Fsp3) is 0.750. The number of hydrogen-bond acceptors (Lipinski definition) is 5. The molecule has 0 radical (unpaired) electrons. The Kier molecular flexibility index (Phi) is 4.92. The summed E-state index contributed by atoms with van der Waals surface area (Å²) in [6.45, 7) is 6.30. The van der Waals surface area contributed by atoms with Gasteiger partial charge in [0.2, 0.25) is 5.28 Å². The molecule has 1 amide bonds. The van der Waals surface area contributed by atoms with Gasteiger partial charge in [-0.05, 0) is 87.6 Å². The first-order valence-electron chi connectivity index (χ1n) is 10.0. The van der Waals surface area contributed by atoms with Crippen LogP contribution in [-0.2, 0) is 4.74 Å². The second-order valence-corrected chi connectivity index (χ2v) is 10.2. The average Bonchev–Trinajstić information content (AvgIpc) is 2.57. The number of amides is 1. The molecule has 4 aliphatic carbocycles. The largest absolute Gasteiger partial charge is 0.444 e. The Morgan fingerprint density at radius 2 is 2.00 bits per heavy atom. The van der Waals surface area contributed by atoms with Crippen molar-refractivity contribution in [2.24, 2.45) is 23.2 Å². The standard InChI is InChI=1S/C20H28ClFN4O2/c1-19(2,3)28-18(27)25-15-12-4-11-5-13(15)8-20(6-11,7-12)10-24-16-14(22)9-23-17(21)26-16/h9,11-13,15H,4-8,10H2,1-3H3,(H,25,27)(H,23,24,26)/t11?,12-,13+,15?,20?. The van der Waals surface area contributed by atoms with E-state index < -0.39 is 11.4 Å². The molecule has 4 fully saturated rings. The predicted molar refractivity (Wildman–Crippen MR) is 105 cm³/mol. The molecule has 5 rings (SSSR count). The van der Waals surface area contributed by atoms with Crippen LogP contribution in [0.4, 0.5) is 15.0 Å². The second kappa shape index (κ2) is 7.01. The van der Waals surface area contributed by atoms with Crippen molar-refractivity contribution in [3.8, 4) is 0 Å². The Bertz CT molecular complexity index is 753. The molecule has 1 heterocycles. The average molecular weight is 411 g/mol. The van der Waals surface area contributed by atoms with Crippen LogP contribution in [-0.4, -0.2) is 34.2 Å². The number of nitrogens with zero attached hydrogens (tertiary/aromatic N) is 2. The van der Waals surface area contributed by atoms with Crippen LogP contribution in [0.5, 0.6) is 0 Å². The molecule has 0 saturated heterocycles. The van der Waals surface area contributed by atoms with E-state index in [1.54, 1.807) is 0 Å². The summed E-state index contributed by atoms with van der Waals surface area (Å²) in [5.41, 5.74) is -0.378. The van der Waals surface area contributed by atoms with E-state index >= 15 is 0 Å². The lowest BCUT2D eigenvalue weighted by Gasteiger charge is -2.60. The molecule has 8 heteroatoms. The molecule has 4 saturated carbocycles. The second-order valence-electron chi connectivity index (χ2n) is 9.83. The lowest BCUT2D eigenvalue weighted by Crippen LogP contribution is -2.60. The molecule has 4 aliphatic rings. The van der Waals surface area contributed by atoms with Crippen molar-refractivity contribution < 1.29 is 13.9 Å². The predicted octanol–water partition coefficient (Wildman–Crippen LogP) is 4.40. The molecular weight excluding hydrogens is 383 g/mol. The number of carbonyl (C=O) groups is 1. The molecule has 154 valence electrons. The number of nitrogens with one attached hydrogen (secondary N) is 2. The van der Waals surface area contributed by atoms with Gasteiger partial charge in [0.1, 0.15) is 5.60 Å². The zero-order valence-corrected chi connectivity index (χ0v) is 17.4. The van der Waals surface area contributed by atoms with E-state index in [1.807, 2.05) is 20.8 Å². The number of carbonyl (C=O) groups excluding carboxylic acids is 1. The number of rotatable bonds is 4. The van der Waals surface area contributed by atoms with E-state index in [-0.39, 0.29) is 28.7 Å². The van der Waals surface area contributed by atoms with E-state index in [4.69, 9.17) is 16.3 Å². The molecule has 0 aliphatic heterocycles. The van der Waals surface area contributed by atoms with E-state index in [0.717, 1.165) is 38.3 Å². The number of hydrogen-bond donors (Lipinski definition) is 2. The van der Waals surface area contributed by atoms with Gasteiger partial charge in [0.25, 0.3) is 0 Å². The minimum absolute atomic E-state index is 0.0380. The highest BCUT2D eigenvalue weighted by molar-refractivity contribution is 6.28. The van der Waals surface area contributed by atoms with Gasteiger partial charge in [-0.1, -0.05) is 0 Å². The molecule has 6 nitrogen and oxygen atoms in total. The summed E-state index contributed by atoms with van der Waals surface area (Å²) in [5.74, 6) is 1.24. The first kappa shape index (κ1) is 19.7. The van der Waals surface area contributed by atoms with Crippen molar-refractivity contribution in [3.63, 3.8) is 0 Å². The van der Waals surface area contributed by atoms with Gasteiger partial charge in [0, 0.05) is 12.6 Å². The SMILES string of the molecule is CC(C)(C)OC(=O)NC1[C@@H]2CC3C[C@H]1CC(CNc1nc(Cl)ncc1F)(C3)C2. The minimum atomic E-state index is -0.496. The van der Waals surface area contributed by atoms with Gasteiger partial charge in [-0.3, -0.25) is 0 Å². The van der Waals surface area contributed by atoms with Crippen molar-refractivity contribution in [2.75, 3.05) is 11.9 Å². The Morgan fingerprint density at radius 3 is 2.64 bits per heavy atom. The van der Waals surface area contributed by atoms with Gasteiger partial charge in [0.05, 0.1) is 6.20 Å². The number of aromatic nitrogens is 2. The van der Waals surface area contributed by atoms with Crippen molar-refractivity contribution >= 4 is 23.5 Å². The topological polar surface area (TPSA) is 76.1 Å². The van der Waals surface area contributed by atoms with Gasteiger partial charge in [0.15, 0.2) is 11.6 Å². The summed E-state index contributed by atoms with van der Waals surface area (Å²) in [7, 11) is 0. The lowest BCUT2D eigenvalue weighted by atomic mass is 9.48. The summed E-state index contributed by atoms with van der Waals surface area (Å²) < 4.78 is 19.4. The highest BCUT2D eigenvalue weighted by Gasteiger charge is 2.55. The van der Waals surface area contributed by atoms with Crippen LogP contribution in [0.2, 0.25) is 5.28 Å². The highest BCUT2D eigenvalue weighted by Crippen LogP contribution is 2.60. The van der Waals surface area contributed by atoms with Crippen molar-refractivity contribution in [1.82, 2.24) is 15.3 Å². The van der Waals surface area contributed by atoms with E-state index in [0.29, 0.717) is 24.3 Å². The molecular formula is C20H28ClFN4O2. The fourth-order valence-corrected chi connectivity index (χ4v) is 5.96. The van der Waals surface area contributed by atoms with Crippen LogP contribution in [0, 0.1) is 29.0 Å². The molecule has 28 heavy (non-hydrogen) atoms. The fourth-order valence-electron chi connectivity index (χ4n) is 5.83. The first-order chi connectivity index (χ1) is 13.1. The van der Waals surface area contributed by atoms with Crippen LogP contribution in [0.3, 0.4) is 0 Å². The molecule has 0 spiro atoms. The quantitative estimate of drug-likeness (QED) is 0.719. The molecule has 1 aromatic rings. The van der Waals surface area contributed by atoms with E-state index in [1.165, 1.54) is 0 Å². The highest BCUT2D eigenvalue weighted by atomic mass is 35.5. The van der Waals surface area contributed by atoms with Gasteiger partial charge >= 0.3 is 6.09 Å². The normalized spacial score (nSPS) is 33.6. The van der Waals surface area contributed by atoms with Crippen LogP contribution in [0.15, 0.2) is 6.20 Å². The lowest BCUT2D eigenvalue weighted by molar-refractivity contribution is -0.0703. The maximum Gasteiger partial charge on any atom is 0.407 e. The monoisotopic (exact) mass is 410 g/mol. The van der Waals surface area contributed by atoms with Crippen LogP contribution >= 0.6 is 11.6 Å². The Balaban J connectivity index is 1.42. The van der Waals surface area contributed by atoms with E-state index in [9.17, 15) is 9.18 Å². The zero-order chi connectivity index (χ0) is 20.1. The third-order valence-electron chi connectivity index (χ3n) is 6.43. The summed E-state index contributed by atoms with van der Waals surface area (Å²) in [4.78, 5) is 19.9. The van der Waals surface area contributed by atoms with Crippen molar-refractivity contribution in [2.45, 2.75) is 64.5 Å². The number of ether oxygens (including phenoxy) is 1. The van der Waals surface area contributed by atoms with Gasteiger partial charge < -0.3 is 15.4 Å². The molecule has 5 atom stereocenters. The van der Waals surface area contributed by atoms with Crippen molar-refractivity contribution in [1.29, 1.82) is 0 Å². The third-order valence-corrected chi connectivity index (χ3v) is 6.61. The maximum atomic E-state index is 14.0. The molecule has 3 unspecified atom stereocenters. The maximum absolute atomic E-state index is 14.0. The molecule has 1 aromatic heterocycles. The summed E-state index contributed by atoms with van der Waals surface area (Å²) in [6, 6.07) is 0.171. The number of alkyl carbamates (subject to hydrolysis) is 1. The van der Waals surface area contributed by atoms with Crippen LogP contribution in [0.25, 0.3) is 0 Å². The van der Waals surface area contributed by atoms with Crippen LogP contribution < -0.4 is 10.6 Å². The zero-order valence-electron chi connectivity index (χ0n) is 16.6. The summed E-state index contributed by atoms with van der Waals surface area (Å²) >= 11 is 5.80. The summed E-state index contributed by atoms with van der Waals surface area (Å²) in [5, 5.41) is 6.36. The first-order valence-corrected chi connectivity index (χ1v) is 10.4. The van der Waals surface area contributed by atoms with Gasteiger partial charge in [-0.2, -0.15) is 4.98 Å². The van der Waals surface area contributed by atoms with Gasteiger partial charge in [-0.25, -0.2) is 14.2 Å². The molecule has 2 N–H and O–H groups in total. The number of anilines is 1. The minimum Gasteiger partial charge on any atom is -0.444 e. The molecule has 0 aromatic carbocycles. The van der Waals surface area contributed by atoms with E-state index in [2.05, 4.69) is 20.6 Å². The van der Waals surface area contributed by atoms with Crippen LogP contribution in [0.1, 0.15) is 52.9 Å². The Hall–Kier alpha value is -1.63. The summed E-state index contributed by atoms with van der Waals surface area (Å²) in [6.07, 6.45) is 6.25. The smallest absolute Gasteiger partial charge is 0.407 e.